The minimum absolute atomic E-state index is 0.0258. The number of nitrogens with zero attached hydrogens (tertiary/aromatic N) is 5. The minimum Gasteiger partial charge on any atom is -0.325 e. The van der Waals surface area contributed by atoms with Gasteiger partial charge in [-0.3, -0.25) is 10.1 Å². The van der Waals surface area contributed by atoms with E-state index < -0.39 is 4.92 Å². The zero-order valence-electron chi connectivity index (χ0n) is 18.2. The van der Waals surface area contributed by atoms with Crippen LogP contribution < -0.4 is 10.6 Å². The molecule has 0 bridgehead atoms. The number of nitro benzene ring substituents is 1. The molecule has 2 aromatic heterocycles. The molecule has 9 nitrogen and oxygen atoms in total. The van der Waals surface area contributed by atoms with Crippen molar-refractivity contribution in [3.8, 4) is 16.9 Å². The van der Waals surface area contributed by atoms with Gasteiger partial charge < -0.3 is 10.6 Å². The van der Waals surface area contributed by atoms with E-state index in [-0.39, 0.29) is 5.69 Å². The normalized spacial score (nSPS) is 10.7. The summed E-state index contributed by atoms with van der Waals surface area (Å²) in [5.74, 6) is 1.46. The molecule has 0 unspecified atom stereocenters. The Bertz CT molecular complexity index is 1500. The zero-order chi connectivity index (χ0) is 24.2. The van der Waals surface area contributed by atoms with Crippen LogP contribution in [0.1, 0.15) is 0 Å². The monoisotopic (exact) mass is 483 g/mol. The molecule has 0 atom stereocenters. The molecular weight excluding hydrogens is 466 g/mol. The van der Waals surface area contributed by atoms with Crippen LogP contribution >= 0.6 is 11.6 Å². The van der Waals surface area contributed by atoms with E-state index in [9.17, 15) is 10.1 Å². The quantitative estimate of drug-likeness (QED) is 0.204. The van der Waals surface area contributed by atoms with E-state index >= 15 is 0 Å². The van der Waals surface area contributed by atoms with Crippen molar-refractivity contribution in [1.82, 2.24) is 19.7 Å². The number of nitrogens with one attached hydrogen (secondary N) is 2. The molecule has 10 heteroatoms. The van der Waals surface area contributed by atoms with Crippen LogP contribution in [0.5, 0.6) is 0 Å². The molecule has 2 heterocycles. The van der Waals surface area contributed by atoms with Crippen molar-refractivity contribution in [3.63, 3.8) is 0 Å². The largest absolute Gasteiger partial charge is 0.325 e. The summed E-state index contributed by atoms with van der Waals surface area (Å²) in [6, 6.07) is 26.7. The molecule has 172 valence electrons. The van der Waals surface area contributed by atoms with Gasteiger partial charge in [-0.1, -0.05) is 48.0 Å². The van der Waals surface area contributed by atoms with E-state index in [1.807, 2.05) is 48.5 Å². The summed E-state index contributed by atoms with van der Waals surface area (Å²) in [5, 5.41) is 22.7. The van der Waals surface area contributed by atoms with Crippen molar-refractivity contribution < 1.29 is 4.92 Å². The Hall–Kier alpha value is -4.76. The summed E-state index contributed by atoms with van der Waals surface area (Å²) < 4.78 is 1.75. The standard InChI is InChI=1S/C25H18ClN7O2/c26-18-7-5-8-19(15-18)28-25-29-22(17-6-4-11-21(14-17)33(34)35)16-23(31-25)30-24-12-13-27-32(24)20-9-2-1-3-10-20/h1-16H,(H2,28,29,30,31). The predicted octanol–water partition coefficient (Wildman–Crippen LogP) is 6.38. The van der Waals surface area contributed by atoms with Crippen molar-refractivity contribution in [3.05, 3.63) is 112 Å². The molecule has 0 spiro atoms. The topological polar surface area (TPSA) is 111 Å². The van der Waals surface area contributed by atoms with Crippen LogP contribution in [-0.2, 0) is 0 Å². The smallest absolute Gasteiger partial charge is 0.270 e. The lowest BCUT2D eigenvalue weighted by Crippen LogP contribution is -2.06. The van der Waals surface area contributed by atoms with Gasteiger partial charge in [0.2, 0.25) is 5.95 Å². The third-order valence-electron chi connectivity index (χ3n) is 5.06. The summed E-state index contributed by atoms with van der Waals surface area (Å²) in [6.07, 6.45) is 1.68. The molecule has 5 rings (SSSR count). The van der Waals surface area contributed by atoms with Gasteiger partial charge in [0.15, 0.2) is 0 Å². The van der Waals surface area contributed by atoms with Gasteiger partial charge in [0, 0.05) is 40.5 Å². The molecule has 0 radical (unpaired) electrons. The number of hydrogen-bond donors (Lipinski definition) is 2. The molecule has 0 aliphatic carbocycles. The second kappa shape index (κ2) is 9.62. The van der Waals surface area contributed by atoms with E-state index in [4.69, 9.17) is 11.6 Å². The number of halogens is 1. The number of benzene rings is 3. The van der Waals surface area contributed by atoms with Crippen LogP contribution in [0.25, 0.3) is 16.9 Å². The highest BCUT2D eigenvalue weighted by Crippen LogP contribution is 2.28. The van der Waals surface area contributed by atoms with E-state index in [1.165, 1.54) is 12.1 Å². The average Bonchev–Trinajstić information content (AvgIpc) is 3.32. The molecule has 0 aliphatic rings. The molecule has 0 amide bonds. The third-order valence-corrected chi connectivity index (χ3v) is 5.29. The highest BCUT2D eigenvalue weighted by molar-refractivity contribution is 6.30. The Morgan fingerprint density at radius 3 is 2.49 bits per heavy atom. The van der Waals surface area contributed by atoms with Crippen LogP contribution in [0.3, 0.4) is 0 Å². The molecule has 0 saturated carbocycles. The molecular formula is C25H18ClN7O2. The summed E-state index contributed by atoms with van der Waals surface area (Å²) >= 11 is 6.12. The molecule has 3 aromatic carbocycles. The third kappa shape index (κ3) is 5.10. The fraction of sp³-hybridized carbons (Fsp3) is 0. The molecule has 0 aliphatic heterocycles. The first-order valence-electron chi connectivity index (χ1n) is 10.6. The molecule has 35 heavy (non-hydrogen) atoms. The van der Waals surface area contributed by atoms with E-state index in [2.05, 4.69) is 25.7 Å². The van der Waals surface area contributed by atoms with Gasteiger partial charge in [-0.05, 0) is 30.3 Å². The number of anilines is 4. The zero-order valence-corrected chi connectivity index (χ0v) is 18.9. The van der Waals surface area contributed by atoms with Crippen LogP contribution in [0, 0.1) is 10.1 Å². The maximum atomic E-state index is 11.3. The van der Waals surface area contributed by atoms with Crippen LogP contribution in [0.2, 0.25) is 5.02 Å². The lowest BCUT2D eigenvalue weighted by atomic mass is 10.1. The highest BCUT2D eigenvalue weighted by Gasteiger charge is 2.13. The maximum Gasteiger partial charge on any atom is 0.270 e. The lowest BCUT2D eigenvalue weighted by molar-refractivity contribution is -0.384. The van der Waals surface area contributed by atoms with Crippen molar-refractivity contribution in [2.75, 3.05) is 10.6 Å². The van der Waals surface area contributed by atoms with Crippen molar-refractivity contribution in [1.29, 1.82) is 0 Å². The van der Waals surface area contributed by atoms with E-state index in [0.717, 1.165) is 5.69 Å². The number of rotatable bonds is 7. The Morgan fingerprint density at radius 2 is 1.69 bits per heavy atom. The maximum absolute atomic E-state index is 11.3. The Kier molecular flexibility index (Phi) is 6.06. The van der Waals surface area contributed by atoms with Gasteiger partial charge in [-0.15, -0.1) is 0 Å². The Balaban J connectivity index is 1.56. The second-order valence-electron chi connectivity index (χ2n) is 7.49. The van der Waals surface area contributed by atoms with Gasteiger partial charge in [0.1, 0.15) is 11.6 Å². The number of hydrogen-bond acceptors (Lipinski definition) is 7. The number of para-hydroxylation sites is 1. The molecule has 0 fully saturated rings. The van der Waals surface area contributed by atoms with Crippen LogP contribution in [0.4, 0.5) is 29.0 Å². The summed E-state index contributed by atoms with van der Waals surface area (Å²) in [4.78, 5) is 20.1. The van der Waals surface area contributed by atoms with E-state index in [0.29, 0.717) is 39.6 Å². The van der Waals surface area contributed by atoms with Gasteiger partial charge in [0.05, 0.1) is 22.5 Å². The number of nitro groups is 1. The highest BCUT2D eigenvalue weighted by atomic mass is 35.5. The van der Waals surface area contributed by atoms with E-state index in [1.54, 1.807) is 41.2 Å². The summed E-state index contributed by atoms with van der Waals surface area (Å²) in [6.45, 7) is 0. The second-order valence-corrected chi connectivity index (χ2v) is 7.93. The molecule has 5 aromatic rings. The Labute approximate surface area is 205 Å². The first-order valence-corrected chi connectivity index (χ1v) is 11.0. The fourth-order valence-corrected chi connectivity index (χ4v) is 3.68. The number of aromatic nitrogens is 4. The van der Waals surface area contributed by atoms with Crippen LogP contribution in [-0.4, -0.2) is 24.7 Å². The van der Waals surface area contributed by atoms with Gasteiger partial charge >= 0.3 is 0 Å². The minimum atomic E-state index is -0.437. The Morgan fingerprint density at radius 1 is 0.857 bits per heavy atom. The lowest BCUT2D eigenvalue weighted by Gasteiger charge is -2.13. The predicted molar refractivity (Wildman–Crippen MR) is 136 cm³/mol. The molecule has 0 saturated heterocycles. The van der Waals surface area contributed by atoms with Crippen LogP contribution in [0.15, 0.2) is 97.2 Å². The molecule has 2 N–H and O–H groups in total. The average molecular weight is 484 g/mol. The summed E-state index contributed by atoms with van der Waals surface area (Å²) in [7, 11) is 0. The van der Waals surface area contributed by atoms with Gasteiger partial charge in [-0.25, -0.2) is 9.67 Å². The van der Waals surface area contributed by atoms with Gasteiger partial charge in [0.25, 0.3) is 5.69 Å². The SMILES string of the molecule is O=[N+]([O-])c1cccc(-c2cc(Nc3ccnn3-c3ccccc3)nc(Nc3cccc(Cl)c3)n2)c1. The summed E-state index contributed by atoms with van der Waals surface area (Å²) in [5.41, 5.74) is 2.64. The first-order chi connectivity index (χ1) is 17.0. The van der Waals surface area contributed by atoms with Gasteiger partial charge in [-0.2, -0.15) is 10.1 Å². The number of non-ortho nitro benzene ring substituents is 1. The van der Waals surface area contributed by atoms with Crippen molar-refractivity contribution in [2.24, 2.45) is 0 Å². The van der Waals surface area contributed by atoms with Crippen molar-refractivity contribution >= 4 is 40.6 Å². The fourth-order valence-electron chi connectivity index (χ4n) is 3.49. The first kappa shape index (κ1) is 22.1. The van der Waals surface area contributed by atoms with Crippen molar-refractivity contribution in [2.45, 2.75) is 0 Å².